The number of aryl methyl sites for hydroxylation is 1. The summed E-state index contributed by atoms with van der Waals surface area (Å²) in [5, 5.41) is 4.85. The zero-order valence-electron chi connectivity index (χ0n) is 25.4. The summed E-state index contributed by atoms with van der Waals surface area (Å²) >= 11 is 0. The number of piperidine rings is 1. The third-order valence-electron chi connectivity index (χ3n) is 8.35. The molecule has 1 atom stereocenters. The number of fused-ring (bicyclic) bond motifs is 1. The van der Waals surface area contributed by atoms with Crippen molar-refractivity contribution >= 4 is 15.5 Å². The first kappa shape index (κ1) is 31.2. The van der Waals surface area contributed by atoms with Crippen LogP contribution in [0.2, 0.25) is 0 Å². The lowest BCUT2D eigenvalue weighted by Crippen LogP contribution is -2.44. The van der Waals surface area contributed by atoms with E-state index in [-0.39, 0.29) is 28.2 Å². The molecule has 11 heteroatoms. The zero-order chi connectivity index (χ0) is 29.7. The minimum absolute atomic E-state index is 0.0692. The number of benzene rings is 1. The van der Waals surface area contributed by atoms with E-state index >= 15 is 0 Å². The first-order chi connectivity index (χ1) is 19.6. The minimum atomic E-state index is -3.79. The molecule has 1 unspecified atom stereocenters. The number of nitrogens with zero attached hydrogens (tertiary/aromatic N) is 5. The normalized spacial score (nSPS) is 16.1. The maximum atomic E-state index is 13.7. The second-order valence-electron chi connectivity index (χ2n) is 11.2. The number of H-pyrrole nitrogens is 1. The lowest BCUT2D eigenvalue weighted by Gasteiger charge is -2.34. The van der Waals surface area contributed by atoms with E-state index in [4.69, 9.17) is 14.8 Å². The van der Waals surface area contributed by atoms with Crippen LogP contribution in [-0.4, -0.2) is 77.0 Å². The molecule has 0 spiro atoms. The Balaban J connectivity index is 1.78. The molecule has 1 saturated heterocycles. The Morgan fingerprint density at radius 3 is 2.54 bits per heavy atom. The molecule has 0 aliphatic carbocycles. The van der Waals surface area contributed by atoms with Crippen LogP contribution in [0.4, 0.5) is 0 Å². The molecule has 10 nitrogen and oxygen atoms in total. The summed E-state index contributed by atoms with van der Waals surface area (Å²) in [4.78, 5) is 23.4. The fourth-order valence-electron chi connectivity index (χ4n) is 5.77. The molecule has 1 aliphatic heterocycles. The average molecular weight is 587 g/mol. The number of nitrogens with one attached hydrogen (secondary N) is 1. The smallest absolute Gasteiger partial charge is 0.277 e. The molecule has 1 N–H and O–H groups in total. The lowest BCUT2D eigenvalue weighted by molar-refractivity contribution is 0.197. The Labute approximate surface area is 244 Å². The molecule has 4 rings (SSSR count). The summed E-state index contributed by atoms with van der Waals surface area (Å²) < 4.78 is 36.5. The third kappa shape index (κ3) is 6.67. The van der Waals surface area contributed by atoms with Crippen LogP contribution in [0, 0.1) is 6.92 Å². The van der Waals surface area contributed by atoms with Crippen molar-refractivity contribution in [2.45, 2.75) is 95.9 Å². The minimum Gasteiger partial charge on any atom is -0.493 e. The Hall–Kier alpha value is -2.76. The number of ether oxygens (including phenoxy) is 1. The lowest BCUT2D eigenvalue weighted by atomic mass is 9.97. The summed E-state index contributed by atoms with van der Waals surface area (Å²) in [7, 11) is -0.0828. The van der Waals surface area contributed by atoms with Crippen molar-refractivity contribution in [2.24, 2.45) is 0 Å². The molecule has 0 saturated carbocycles. The summed E-state index contributed by atoms with van der Waals surface area (Å²) in [5.41, 5.74) is 1.16. The van der Waals surface area contributed by atoms with E-state index in [0.29, 0.717) is 29.1 Å². The monoisotopic (exact) mass is 586 g/mol. The van der Waals surface area contributed by atoms with Crippen LogP contribution < -0.4 is 10.3 Å². The van der Waals surface area contributed by atoms with Gasteiger partial charge in [0.05, 0.1) is 22.8 Å². The second-order valence-corrected chi connectivity index (χ2v) is 13.2. The Bertz CT molecular complexity index is 1490. The van der Waals surface area contributed by atoms with Gasteiger partial charge >= 0.3 is 0 Å². The van der Waals surface area contributed by atoms with Crippen LogP contribution in [0.5, 0.6) is 5.75 Å². The van der Waals surface area contributed by atoms with Gasteiger partial charge in [-0.1, -0.05) is 39.5 Å². The highest BCUT2D eigenvalue weighted by Crippen LogP contribution is 2.33. The quantitative estimate of drug-likeness (QED) is 0.281. The SMILES string of the molecule is CCCCCCC(CC)c1nc(C)c2c(=O)[nH]c(-c3cc(S(=O)(=O)N(C)C4CCN(C)CC4)ccc3OCC)nn12. The highest BCUT2D eigenvalue weighted by Gasteiger charge is 2.31. The second kappa shape index (κ2) is 13.5. The van der Waals surface area contributed by atoms with Gasteiger partial charge in [0.2, 0.25) is 10.0 Å². The van der Waals surface area contributed by atoms with Crippen LogP contribution in [0.15, 0.2) is 27.9 Å². The van der Waals surface area contributed by atoms with Crippen molar-refractivity contribution in [3.8, 4) is 17.1 Å². The van der Waals surface area contributed by atoms with Crippen LogP contribution in [0.1, 0.15) is 89.6 Å². The van der Waals surface area contributed by atoms with Crippen molar-refractivity contribution in [1.82, 2.24) is 28.8 Å². The maximum Gasteiger partial charge on any atom is 0.277 e. The molecular weight excluding hydrogens is 540 g/mol. The van der Waals surface area contributed by atoms with Gasteiger partial charge < -0.3 is 14.6 Å². The molecule has 3 heterocycles. The maximum absolute atomic E-state index is 13.7. The van der Waals surface area contributed by atoms with Crippen molar-refractivity contribution in [1.29, 1.82) is 0 Å². The van der Waals surface area contributed by atoms with Gasteiger partial charge in [-0.15, -0.1) is 5.10 Å². The molecule has 1 aromatic carbocycles. The summed E-state index contributed by atoms with van der Waals surface area (Å²) in [5.74, 6) is 1.65. The van der Waals surface area contributed by atoms with Crippen molar-refractivity contribution in [2.75, 3.05) is 33.8 Å². The number of unbranched alkanes of at least 4 members (excludes halogenated alkanes) is 3. The largest absolute Gasteiger partial charge is 0.493 e. The van der Waals surface area contributed by atoms with Crippen LogP contribution >= 0.6 is 0 Å². The fourth-order valence-corrected chi connectivity index (χ4v) is 7.21. The van der Waals surface area contributed by atoms with E-state index < -0.39 is 10.0 Å². The zero-order valence-corrected chi connectivity index (χ0v) is 26.3. The standard InChI is InChI=1S/C30H46N6O4S/c1-7-10-11-12-13-22(8-2)29-31-21(4)27-30(37)32-28(33-36(27)29)25-20-24(14-15-26(25)40-9-3)41(38,39)35(6)23-16-18-34(5)19-17-23/h14-15,20,22-23H,7-13,16-19H2,1-6H3,(H,32,33,37). The molecule has 0 amide bonds. The number of aromatic amines is 1. The van der Waals surface area contributed by atoms with E-state index in [2.05, 4.69) is 30.8 Å². The Morgan fingerprint density at radius 2 is 1.88 bits per heavy atom. The van der Waals surface area contributed by atoms with E-state index in [9.17, 15) is 13.2 Å². The molecule has 0 bridgehead atoms. The van der Waals surface area contributed by atoms with Gasteiger partial charge in [-0.2, -0.15) is 4.31 Å². The molecule has 1 aliphatic rings. The Kier molecular flexibility index (Phi) is 10.3. The molecule has 1 fully saturated rings. The first-order valence-corrected chi connectivity index (χ1v) is 16.5. The van der Waals surface area contributed by atoms with Crippen LogP contribution in [0.25, 0.3) is 16.9 Å². The third-order valence-corrected chi connectivity index (χ3v) is 10.3. The number of rotatable bonds is 13. The van der Waals surface area contributed by atoms with E-state index in [1.807, 2.05) is 13.8 Å². The number of likely N-dealkylation sites (tertiary alicyclic amines) is 1. The van der Waals surface area contributed by atoms with Crippen molar-refractivity contribution in [3.63, 3.8) is 0 Å². The summed E-state index contributed by atoms with van der Waals surface area (Å²) in [6.45, 7) is 10.1. The van der Waals surface area contributed by atoms with E-state index in [1.54, 1.807) is 29.8 Å². The number of aromatic nitrogens is 4. The molecule has 3 aromatic rings. The van der Waals surface area contributed by atoms with E-state index in [1.165, 1.54) is 23.6 Å². The molecular formula is C30H46N6O4S. The van der Waals surface area contributed by atoms with Crippen molar-refractivity contribution < 1.29 is 13.2 Å². The molecule has 0 radical (unpaired) electrons. The molecule has 226 valence electrons. The number of hydrogen-bond acceptors (Lipinski definition) is 7. The first-order valence-electron chi connectivity index (χ1n) is 15.1. The van der Waals surface area contributed by atoms with Gasteiger partial charge in [-0.05, 0) is 77.9 Å². The van der Waals surface area contributed by atoms with Gasteiger partial charge in [0.15, 0.2) is 11.3 Å². The van der Waals surface area contributed by atoms with Gasteiger partial charge in [-0.25, -0.2) is 17.9 Å². The van der Waals surface area contributed by atoms with Gasteiger partial charge in [-0.3, -0.25) is 4.79 Å². The molecule has 2 aromatic heterocycles. The summed E-state index contributed by atoms with van der Waals surface area (Å²) in [6, 6.07) is 4.73. The highest BCUT2D eigenvalue weighted by molar-refractivity contribution is 7.89. The fraction of sp³-hybridized carbons (Fsp3) is 0.633. The predicted octanol–water partition coefficient (Wildman–Crippen LogP) is 4.97. The van der Waals surface area contributed by atoms with E-state index in [0.717, 1.165) is 51.0 Å². The number of imidazole rings is 1. The molecule has 41 heavy (non-hydrogen) atoms. The topological polar surface area (TPSA) is 113 Å². The van der Waals surface area contributed by atoms with Gasteiger partial charge in [0, 0.05) is 19.0 Å². The van der Waals surface area contributed by atoms with Gasteiger partial charge in [0.1, 0.15) is 11.6 Å². The summed E-state index contributed by atoms with van der Waals surface area (Å²) in [6.07, 6.45) is 8.05. The number of hydrogen-bond donors (Lipinski definition) is 1. The van der Waals surface area contributed by atoms with Crippen LogP contribution in [0.3, 0.4) is 0 Å². The van der Waals surface area contributed by atoms with Gasteiger partial charge in [0.25, 0.3) is 5.56 Å². The van der Waals surface area contributed by atoms with Crippen LogP contribution in [-0.2, 0) is 10.0 Å². The number of sulfonamides is 1. The average Bonchev–Trinajstić information content (AvgIpc) is 3.29. The highest BCUT2D eigenvalue weighted by atomic mass is 32.2. The van der Waals surface area contributed by atoms with Crippen molar-refractivity contribution in [3.05, 3.63) is 40.1 Å². The Morgan fingerprint density at radius 1 is 1.15 bits per heavy atom. The predicted molar refractivity (Wildman–Crippen MR) is 162 cm³/mol.